The zero-order chi connectivity index (χ0) is 12.4. The molecule has 0 saturated carbocycles. The number of thiophene rings is 1. The van der Waals surface area contributed by atoms with Gasteiger partial charge in [0.1, 0.15) is 0 Å². The van der Waals surface area contributed by atoms with Crippen LogP contribution in [-0.2, 0) is 0 Å². The SMILES string of the molecule is COc1cc2cc(C=C(C)C)sc2cc1OC. The average molecular weight is 248 g/mol. The second-order valence-corrected chi connectivity index (χ2v) is 5.23. The first-order chi connectivity index (χ1) is 8.13. The van der Waals surface area contributed by atoms with E-state index < -0.39 is 0 Å². The maximum atomic E-state index is 5.30. The van der Waals surface area contributed by atoms with Gasteiger partial charge in [-0.3, -0.25) is 0 Å². The fourth-order valence-electron chi connectivity index (χ4n) is 1.74. The second kappa shape index (κ2) is 4.80. The summed E-state index contributed by atoms with van der Waals surface area (Å²) >= 11 is 1.76. The molecule has 0 aliphatic rings. The summed E-state index contributed by atoms with van der Waals surface area (Å²) in [7, 11) is 3.32. The molecular weight excluding hydrogens is 232 g/mol. The highest BCUT2D eigenvalue weighted by Gasteiger charge is 2.08. The van der Waals surface area contributed by atoms with Gasteiger partial charge in [0.2, 0.25) is 0 Å². The highest BCUT2D eigenvalue weighted by molar-refractivity contribution is 7.19. The van der Waals surface area contributed by atoms with E-state index in [0.717, 1.165) is 11.5 Å². The maximum Gasteiger partial charge on any atom is 0.162 e. The largest absolute Gasteiger partial charge is 0.493 e. The number of hydrogen-bond donors (Lipinski definition) is 0. The standard InChI is InChI=1S/C14H16O2S/c1-9(2)5-11-6-10-7-12(15-3)13(16-4)8-14(10)17-11/h5-8H,1-4H3. The van der Waals surface area contributed by atoms with E-state index in [4.69, 9.17) is 9.47 Å². The van der Waals surface area contributed by atoms with Crippen LogP contribution in [0.4, 0.5) is 0 Å². The molecule has 0 radical (unpaired) electrons. The van der Waals surface area contributed by atoms with Crippen LogP contribution in [0.3, 0.4) is 0 Å². The molecule has 0 aliphatic carbocycles. The molecule has 0 unspecified atom stereocenters. The molecule has 0 spiro atoms. The van der Waals surface area contributed by atoms with Crippen LogP contribution in [0, 0.1) is 0 Å². The number of fused-ring (bicyclic) bond motifs is 1. The third-order valence-corrected chi connectivity index (χ3v) is 3.52. The lowest BCUT2D eigenvalue weighted by Gasteiger charge is -2.06. The number of hydrogen-bond acceptors (Lipinski definition) is 3. The molecule has 2 aromatic rings. The molecule has 2 rings (SSSR count). The number of ether oxygens (including phenoxy) is 2. The van der Waals surface area contributed by atoms with Crippen LogP contribution in [0.25, 0.3) is 16.2 Å². The second-order valence-electron chi connectivity index (χ2n) is 4.12. The van der Waals surface area contributed by atoms with Gasteiger partial charge in [-0.15, -0.1) is 11.3 Å². The van der Waals surface area contributed by atoms with E-state index in [1.807, 2.05) is 12.1 Å². The topological polar surface area (TPSA) is 18.5 Å². The molecule has 0 fully saturated rings. The number of allylic oxidation sites excluding steroid dienone is 1. The highest BCUT2D eigenvalue weighted by atomic mass is 32.1. The first-order valence-corrected chi connectivity index (χ1v) is 6.26. The van der Waals surface area contributed by atoms with E-state index in [1.54, 1.807) is 25.6 Å². The Morgan fingerprint density at radius 2 is 1.71 bits per heavy atom. The lowest BCUT2D eigenvalue weighted by molar-refractivity contribution is 0.356. The Labute approximate surface area is 105 Å². The van der Waals surface area contributed by atoms with Gasteiger partial charge in [-0.1, -0.05) is 5.57 Å². The van der Waals surface area contributed by atoms with Crippen molar-refractivity contribution in [2.45, 2.75) is 13.8 Å². The van der Waals surface area contributed by atoms with E-state index in [2.05, 4.69) is 26.0 Å². The minimum absolute atomic E-state index is 0.779. The summed E-state index contributed by atoms with van der Waals surface area (Å²) in [5.41, 5.74) is 1.30. The van der Waals surface area contributed by atoms with Crippen molar-refractivity contribution >= 4 is 27.5 Å². The van der Waals surface area contributed by atoms with Crippen molar-refractivity contribution in [3.8, 4) is 11.5 Å². The van der Waals surface area contributed by atoms with Crippen LogP contribution < -0.4 is 9.47 Å². The zero-order valence-corrected chi connectivity index (χ0v) is 11.4. The van der Waals surface area contributed by atoms with E-state index >= 15 is 0 Å². The molecule has 2 nitrogen and oxygen atoms in total. The molecule has 90 valence electrons. The lowest BCUT2D eigenvalue weighted by atomic mass is 10.2. The Balaban J connectivity index is 2.57. The monoisotopic (exact) mass is 248 g/mol. The smallest absolute Gasteiger partial charge is 0.162 e. The summed E-state index contributed by atoms with van der Waals surface area (Å²) in [6, 6.07) is 6.23. The first-order valence-electron chi connectivity index (χ1n) is 5.44. The van der Waals surface area contributed by atoms with Gasteiger partial charge >= 0.3 is 0 Å². The van der Waals surface area contributed by atoms with E-state index in [1.165, 1.54) is 20.5 Å². The molecule has 0 bridgehead atoms. The quantitative estimate of drug-likeness (QED) is 0.804. The van der Waals surface area contributed by atoms with Gasteiger partial charge in [0.25, 0.3) is 0 Å². The van der Waals surface area contributed by atoms with Crippen molar-refractivity contribution in [2.75, 3.05) is 14.2 Å². The van der Waals surface area contributed by atoms with E-state index in [0.29, 0.717) is 0 Å². The molecule has 0 N–H and O–H groups in total. The number of rotatable bonds is 3. The van der Waals surface area contributed by atoms with Crippen LogP contribution in [0.5, 0.6) is 11.5 Å². The third kappa shape index (κ3) is 2.44. The Bertz CT molecular complexity index is 522. The van der Waals surface area contributed by atoms with Gasteiger partial charge in [0.15, 0.2) is 11.5 Å². The van der Waals surface area contributed by atoms with Gasteiger partial charge in [0.05, 0.1) is 14.2 Å². The van der Waals surface area contributed by atoms with Crippen LogP contribution in [0.1, 0.15) is 18.7 Å². The average Bonchev–Trinajstić information content (AvgIpc) is 2.66. The van der Waals surface area contributed by atoms with Crippen molar-refractivity contribution < 1.29 is 9.47 Å². The summed E-state index contributed by atoms with van der Waals surface area (Å²) in [6.07, 6.45) is 2.18. The Morgan fingerprint density at radius 3 is 2.29 bits per heavy atom. The van der Waals surface area contributed by atoms with Crippen LogP contribution in [-0.4, -0.2) is 14.2 Å². The Hall–Kier alpha value is -1.48. The molecule has 1 heterocycles. The molecule has 3 heteroatoms. The van der Waals surface area contributed by atoms with Crippen LogP contribution in [0.15, 0.2) is 23.8 Å². The summed E-state index contributed by atoms with van der Waals surface area (Å²) < 4.78 is 11.8. The predicted octanol–water partition coefficient (Wildman–Crippen LogP) is 4.34. The summed E-state index contributed by atoms with van der Waals surface area (Å²) in [5.74, 6) is 1.56. The van der Waals surface area contributed by atoms with Gasteiger partial charge in [0, 0.05) is 15.6 Å². The molecule has 0 atom stereocenters. The summed E-state index contributed by atoms with van der Waals surface area (Å²) in [4.78, 5) is 1.26. The normalized spacial score (nSPS) is 10.4. The Morgan fingerprint density at radius 1 is 1.06 bits per heavy atom. The Kier molecular flexibility index (Phi) is 3.38. The van der Waals surface area contributed by atoms with E-state index in [9.17, 15) is 0 Å². The fourth-order valence-corrected chi connectivity index (χ4v) is 2.88. The van der Waals surface area contributed by atoms with Crippen molar-refractivity contribution in [3.63, 3.8) is 0 Å². The molecular formula is C14H16O2S. The molecule has 17 heavy (non-hydrogen) atoms. The first kappa shape index (κ1) is 12.0. The van der Waals surface area contributed by atoms with Crippen molar-refractivity contribution in [3.05, 3.63) is 28.6 Å². The van der Waals surface area contributed by atoms with E-state index in [-0.39, 0.29) is 0 Å². The summed E-state index contributed by atoms with van der Waals surface area (Å²) in [5, 5.41) is 1.19. The van der Waals surface area contributed by atoms with Crippen molar-refractivity contribution in [1.29, 1.82) is 0 Å². The lowest BCUT2D eigenvalue weighted by Crippen LogP contribution is -1.89. The highest BCUT2D eigenvalue weighted by Crippen LogP contribution is 2.36. The van der Waals surface area contributed by atoms with Crippen LogP contribution in [0.2, 0.25) is 0 Å². The zero-order valence-electron chi connectivity index (χ0n) is 10.5. The van der Waals surface area contributed by atoms with Crippen LogP contribution >= 0.6 is 11.3 Å². The number of methoxy groups -OCH3 is 2. The minimum Gasteiger partial charge on any atom is -0.493 e. The van der Waals surface area contributed by atoms with Crippen molar-refractivity contribution in [2.24, 2.45) is 0 Å². The van der Waals surface area contributed by atoms with Gasteiger partial charge in [-0.2, -0.15) is 0 Å². The predicted molar refractivity (Wildman–Crippen MR) is 74.3 cm³/mol. The molecule has 1 aromatic carbocycles. The fraction of sp³-hybridized carbons (Fsp3) is 0.286. The maximum absolute atomic E-state index is 5.30. The van der Waals surface area contributed by atoms with Crippen molar-refractivity contribution in [1.82, 2.24) is 0 Å². The van der Waals surface area contributed by atoms with Gasteiger partial charge in [-0.25, -0.2) is 0 Å². The molecule has 1 aromatic heterocycles. The van der Waals surface area contributed by atoms with Gasteiger partial charge < -0.3 is 9.47 Å². The molecule has 0 aliphatic heterocycles. The number of benzene rings is 1. The van der Waals surface area contributed by atoms with Gasteiger partial charge in [-0.05, 0) is 37.4 Å². The molecule has 0 saturated heterocycles. The molecule has 0 amide bonds. The summed E-state index contributed by atoms with van der Waals surface area (Å²) in [6.45, 7) is 4.21. The third-order valence-electron chi connectivity index (χ3n) is 2.47. The minimum atomic E-state index is 0.779.